The molecule has 2 aromatic carbocycles. The van der Waals surface area contributed by atoms with Crippen LogP contribution >= 0.6 is 0 Å². The van der Waals surface area contributed by atoms with Gasteiger partial charge in [-0.05, 0) is 36.8 Å². The van der Waals surface area contributed by atoms with E-state index in [2.05, 4.69) is 15.8 Å². The Bertz CT molecular complexity index is 1240. The van der Waals surface area contributed by atoms with Crippen molar-refractivity contribution in [3.63, 3.8) is 0 Å². The van der Waals surface area contributed by atoms with Gasteiger partial charge in [-0.15, -0.1) is 0 Å². The summed E-state index contributed by atoms with van der Waals surface area (Å²) in [6, 6.07) is 9.18. The Morgan fingerprint density at radius 2 is 1.91 bits per heavy atom. The average Bonchev–Trinajstić information content (AvgIpc) is 3.07. The number of imidazole rings is 1. The second-order valence-corrected chi connectivity index (χ2v) is 8.65. The Morgan fingerprint density at radius 1 is 1.19 bits per heavy atom. The molecular formula is C20H22F3N5O3S. The molecule has 3 rings (SSSR count). The van der Waals surface area contributed by atoms with Crippen LogP contribution in [-0.2, 0) is 34.0 Å². The number of amides is 1. The molecule has 0 aliphatic carbocycles. The van der Waals surface area contributed by atoms with Crippen LogP contribution in [0.1, 0.15) is 31.2 Å². The summed E-state index contributed by atoms with van der Waals surface area (Å²) in [7, 11) is -3.89. The van der Waals surface area contributed by atoms with E-state index in [0.717, 1.165) is 12.5 Å². The lowest BCUT2D eigenvalue weighted by Gasteiger charge is -2.15. The van der Waals surface area contributed by atoms with E-state index in [1.807, 2.05) is 11.5 Å². The molecule has 0 aliphatic rings. The van der Waals surface area contributed by atoms with E-state index in [4.69, 9.17) is 5.14 Å². The predicted octanol–water partition coefficient (Wildman–Crippen LogP) is 3.19. The maximum Gasteiger partial charge on any atom is 0.418 e. The summed E-state index contributed by atoms with van der Waals surface area (Å²) in [5.41, 5.74) is 4.57. The van der Waals surface area contributed by atoms with E-state index >= 15 is 0 Å². The molecule has 0 atom stereocenters. The molecule has 1 heterocycles. The van der Waals surface area contributed by atoms with Crippen molar-refractivity contribution < 1.29 is 26.4 Å². The summed E-state index contributed by atoms with van der Waals surface area (Å²) in [4.78, 5) is 16.6. The van der Waals surface area contributed by atoms with E-state index < -0.39 is 27.7 Å². The fourth-order valence-corrected chi connectivity index (χ4v) is 3.80. The molecule has 0 unspecified atom stereocenters. The largest absolute Gasteiger partial charge is 0.418 e. The Labute approximate surface area is 182 Å². The van der Waals surface area contributed by atoms with Crippen LogP contribution in [0.3, 0.4) is 0 Å². The summed E-state index contributed by atoms with van der Waals surface area (Å²) in [6.45, 7) is 2.56. The smallest absolute Gasteiger partial charge is 0.328 e. The third-order valence-corrected chi connectivity index (χ3v) is 5.63. The predicted molar refractivity (Wildman–Crippen MR) is 113 cm³/mol. The highest BCUT2D eigenvalue weighted by atomic mass is 32.2. The van der Waals surface area contributed by atoms with Gasteiger partial charge in [-0.1, -0.05) is 19.1 Å². The first kappa shape index (κ1) is 23.5. The molecule has 0 bridgehead atoms. The van der Waals surface area contributed by atoms with E-state index in [1.165, 1.54) is 30.3 Å². The first-order chi connectivity index (χ1) is 15.0. The lowest BCUT2D eigenvalue weighted by molar-refractivity contribution is -0.137. The van der Waals surface area contributed by atoms with Gasteiger partial charge in [0.05, 0.1) is 27.2 Å². The number of primary sulfonamides is 1. The molecule has 1 amide bonds. The molecule has 3 aromatic rings. The van der Waals surface area contributed by atoms with Crippen molar-refractivity contribution in [2.24, 2.45) is 5.14 Å². The van der Waals surface area contributed by atoms with Crippen LogP contribution in [0, 0.1) is 0 Å². The zero-order chi connectivity index (χ0) is 23.5. The number of aromatic nitrogens is 2. The summed E-state index contributed by atoms with van der Waals surface area (Å²) >= 11 is 0. The number of fused-ring (bicyclic) bond motifs is 1. The molecule has 4 N–H and O–H groups in total. The van der Waals surface area contributed by atoms with Gasteiger partial charge < -0.3 is 4.57 Å². The quantitative estimate of drug-likeness (QED) is 0.438. The number of hydrogen-bond acceptors (Lipinski definition) is 5. The Balaban J connectivity index is 1.73. The topological polar surface area (TPSA) is 119 Å². The number of nitrogens with zero attached hydrogens (tertiary/aromatic N) is 2. The number of hydrazine groups is 1. The Hall–Kier alpha value is -3.12. The number of para-hydroxylation sites is 1. The van der Waals surface area contributed by atoms with Gasteiger partial charge in [-0.3, -0.25) is 15.6 Å². The van der Waals surface area contributed by atoms with Crippen LogP contribution in [0.2, 0.25) is 0 Å². The zero-order valence-electron chi connectivity index (χ0n) is 17.1. The normalized spacial score (nSPS) is 12.2. The van der Waals surface area contributed by atoms with Gasteiger partial charge in [0.15, 0.2) is 0 Å². The van der Waals surface area contributed by atoms with Crippen LogP contribution in [0.5, 0.6) is 0 Å². The number of halogens is 3. The minimum Gasteiger partial charge on any atom is -0.328 e. The molecule has 172 valence electrons. The number of sulfonamides is 1. The summed E-state index contributed by atoms with van der Waals surface area (Å²) in [5, 5.41) is 5.18. The van der Waals surface area contributed by atoms with E-state index in [9.17, 15) is 26.4 Å². The second-order valence-electron chi connectivity index (χ2n) is 7.09. The van der Waals surface area contributed by atoms with Gasteiger partial charge in [-0.25, -0.2) is 18.5 Å². The maximum atomic E-state index is 13.1. The molecule has 0 saturated carbocycles. The standard InChI is InChI=1S/C20H22F3N5O3S/c1-2-11-28-17-8-7-13(32(24,30)31)12-16(17)25-18(28)9-10-19(29)27-26-15-6-4-3-5-14(15)20(21,22)23/h3-8,12,26H,2,9-11H2,1H3,(H,27,29)(H2,24,30,31). The van der Waals surface area contributed by atoms with Gasteiger partial charge in [0.2, 0.25) is 15.9 Å². The molecule has 0 saturated heterocycles. The SMILES string of the molecule is CCCn1c(CCC(=O)NNc2ccccc2C(F)(F)F)nc2cc(S(N)(=O)=O)ccc21. The summed E-state index contributed by atoms with van der Waals surface area (Å²) in [5.74, 6) is 0.0292. The third-order valence-electron chi connectivity index (χ3n) is 4.72. The van der Waals surface area contributed by atoms with Crippen molar-refractivity contribution in [1.82, 2.24) is 15.0 Å². The Morgan fingerprint density at radius 3 is 2.56 bits per heavy atom. The molecule has 0 spiro atoms. The third kappa shape index (κ3) is 5.37. The number of nitrogens with one attached hydrogen (secondary N) is 2. The van der Waals surface area contributed by atoms with E-state index in [1.54, 1.807) is 6.07 Å². The average molecular weight is 469 g/mol. The minimum absolute atomic E-state index is 0.0454. The number of anilines is 1. The van der Waals surface area contributed by atoms with Gasteiger partial charge in [-0.2, -0.15) is 13.2 Å². The van der Waals surface area contributed by atoms with Gasteiger partial charge in [0, 0.05) is 19.4 Å². The maximum absolute atomic E-state index is 13.1. The molecule has 8 nitrogen and oxygen atoms in total. The number of alkyl halides is 3. The first-order valence-corrected chi connectivity index (χ1v) is 11.3. The van der Waals surface area contributed by atoms with Crippen molar-refractivity contribution in [2.75, 3.05) is 5.43 Å². The summed E-state index contributed by atoms with van der Waals surface area (Å²) in [6.07, 6.45) is -3.63. The molecule has 0 radical (unpaired) electrons. The number of nitrogens with two attached hydrogens (primary N) is 1. The van der Waals surface area contributed by atoms with Crippen LogP contribution in [0.25, 0.3) is 11.0 Å². The van der Waals surface area contributed by atoms with Crippen LogP contribution in [-0.4, -0.2) is 23.9 Å². The highest BCUT2D eigenvalue weighted by Gasteiger charge is 2.33. The second kappa shape index (κ2) is 9.17. The Kier molecular flexibility index (Phi) is 6.74. The number of benzene rings is 2. The van der Waals surface area contributed by atoms with Crippen LogP contribution in [0.4, 0.5) is 18.9 Å². The van der Waals surface area contributed by atoms with E-state index in [-0.39, 0.29) is 23.4 Å². The van der Waals surface area contributed by atoms with Crippen molar-refractivity contribution >= 4 is 32.7 Å². The molecular weight excluding hydrogens is 447 g/mol. The number of carbonyl (C=O) groups is 1. The lowest BCUT2D eigenvalue weighted by atomic mass is 10.2. The molecule has 1 aromatic heterocycles. The summed E-state index contributed by atoms with van der Waals surface area (Å²) < 4.78 is 64.2. The van der Waals surface area contributed by atoms with Crippen molar-refractivity contribution in [1.29, 1.82) is 0 Å². The first-order valence-electron chi connectivity index (χ1n) is 9.73. The number of hydrogen-bond donors (Lipinski definition) is 3. The number of rotatable bonds is 8. The van der Waals surface area contributed by atoms with E-state index in [0.29, 0.717) is 23.4 Å². The van der Waals surface area contributed by atoms with Gasteiger partial charge >= 0.3 is 6.18 Å². The van der Waals surface area contributed by atoms with Crippen molar-refractivity contribution in [3.8, 4) is 0 Å². The number of carbonyl (C=O) groups excluding carboxylic acids is 1. The molecule has 0 fully saturated rings. The highest BCUT2D eigenvalue weighted by molar-refractivity contribution is 7.89. The fraction of sp³-hybridized carbons (Fsp3) is 0.300. The fourth-order valence-electron chi connectivity index (χ4n) is 3.26. The molecule has 32 heavy (non-hydrogen) atoms. The van der Waals surface area contributed by atoms with Crippen LogP contribution in [0.15, 0.2) is 47.4 Å². The highest BCUT2D eigenvalue weighted by Crippen LogP contribution is 2.34. The van der Waals surface area contributed by atoms with Crippen LogP contribution < -0.4 is 16.0 Å². The molecule has 12 heteroatoms. The monoisotopic (exact) mass is 469 g/mol. The zero-order valence-corrected chi connectivity index (χ0v) is 17.9. The minimum atomic E-state index is -4.56. The van der Waals surface area contributed by atoms with Gasteiger partial charge in [0.1, 0.15) is 5.82 Å². The van der Waals surface area contributed by atoms with Crippen molar-refractivity contribution in [2.45, 2.75) is 43.8 Å². The molecule has 0 aliphatic heterocycles. The van der Waals surface area contributed by atoms with Crippen molar-refractivity contribution in [3.05, 3.63) is 53.9 Å². The number of aryl methyl sites for hydroxylation is 2. The lowest BCUT2D eigenvalue weighted by Crippen LogP contribution is -2.30. The van der Waals surface area contributed by atoms with Gasteiger partial charge in [0.25, 0.3) is 0 Å².